The van der Waals surface area contributed by atoms with Gasteiger partial charge in [0.15, 0.2) is 0 Å². The maximum Gasteiger partial charge on any atom is 0.0726 e. The van der Waals surface area contributed by atoms with E-state index in [1.165, 1.54) is 44.9 Å². The second-order valence-electron chi connectivity index (χ2n) is 5.43. The molecule has 0 spiro atoms. The van der Waals surface area contributed by atoms with Crippen molar-refractivity contribution in [2.45, 2.75) is 70.1 Å². The lowest BCUT2D eigenvalue weighted by Crippen LogP contribution is -2.39. The van der Waals surface area contributed by atoms with Gasteiger partial charge >= 0.3 is 0 Å². The second-order valence-corrected chi connectivity index (χ2v) is 5.43. The van der Waals surface area contributed by atoms with Gasteiger partial charge in [-0.25, -0.2) is 0 Å². The lowest BCUT2D eigenvalue weighted by atomic mass is 9.98. The zero-order valence-electron chi connectivity index (χ0n) is 11.1. The van der Waals surface area contributed by atoms with Crippen LogP contribution in [0, 0.1) is 0 Å². The molecular weight excluding hydrogens is 214 g/mol. The molecule has 3 heteroatoms. The fourth-order valence-corrected chi connectivity index (χ4v) is 2.87. The molecule has 1 heterocycles. The van der Waals surface area contributed by atoms with Crippen LogP contribution in [-0.2, 0) is 9.47 Å². The SMILES string of the molecule is CC(NCCOC1CCCCC1)C1CCCO1. The first-order valence-electron chi connectivity index (χ1n) is 7.33. The van der Waals surface area contributed by atoms with Crippen LogP contribution >= 0.6 is 0 Å². The maximum atomic E-state index is 5.89. The molecule has 1 aliphatic carbocycles. The molecule has 0 bridgehead atoms. The van der Waals surface area contributed by atoms with Crippen molar-refractivity contribution < 1.29 is 9.47 Å². The molecule has 2 atom stereocenters. The van der Waals surface area contributed by atoms with Gasteiger partial charge in [-0.1, -0.05) is 19.3 Å². The predicted octanol–water partition coefficient (Wildman–Crippen LogP) is 2.49. The highest BCUT2D eigenvalue weighted by Crippen LogP contribution is 2.20. The van der Waals surface area contributed by atoms with Crippen LogP contribution < -0.4 is 5.32 Å². The summed E-state index contributed by atoms with van der Waals surface area (Å²) in [6.45, 7) is 4.96. The fraction of sp³-hybridized carbons (Fsp3) is 1.00. The standard InChI is InChI=1S/C14H27NO2/c1-12(14-8-5-10-17-14)15-9-11-16-13-6-3-2-4-7-13/h12-15H,2-11H2,1H3. The molecule has 2 rings (SSSR count). The smallest absolute Gasteiger partial charge is 0.0726 e. The molecule has 3 nitrogen and oxygen atoms in total. The molecule has 1 saturated carbocycles. The maximum absolute atomic E-state index is 5.89. The van der Waals surface area contributed by atoms with Crippen molar-refractivity contribution in [1.82, 2.24) is 5.32 Å². The Kier molecular flexibility index (Phi) is 5.75. The van der Waals surface area contributed by atoms with Crippen molar-refractivity contribution in [2.24, 2.45) is 0 Å². The molecule has 1 saturated heterocycles. The molecular formula is C14H27NO2. The summed E-state index contributed by atoms with van der Waals surface area (Å²) >= 11 is 0. The molecule has 17 heavy (non-hydrogen) atoms. The third-order valence-electron chi connectivity index (χ3n) is 4.00. The van der Waals surface area contributed by atoms with Gasteiger partial charge in [-0.2, -0.15) is 0 Å². The Hall–Kier alpha value is -0.120. The Labute approximate surface area is 105 Å². The third kappa shape index (κ3) is 4.57. The lowest BCUT2D eigenvalue weighted by molar-refractivity contribution is 0.0254. The van der Waals surface area contributed by atoms with Gasteiger partial charge in [0.2, 0.25) is 0 Å². The van der Waals surface area contributed by atoms with Gasteiger partial charge in [-0.05, 0) is 32.6 Å². The van der Waals surface area contributed by atoms with Crippen molar-refractivity contribution in [1.29, 1.82) is 0 Å². The van der Waals surface area contributed by atoms with Crippen molar-refractivity contribution in [3.05, 3.63) is 0 Å². The van der Waals surface area contributed by atoms with Gasteiger partial charge in [-0.15, -0.1) is 0 Å². The Morgan fingerprint density at radius 2 is 2.00 bits per heavy atom. The average molecular weight is 241 g/mol. The minimum absolute atomic E-state index is 0.421. The van der Waals surface area contributed by atoms with Crippen LogP contribution in [0.25, 0.3) is 0 Å². The van der Waals surface area contributed by atoms with Crippen LogP contribution in [0.5, 0.6) is 0 Å². The Morgan fingerprint density at radius 3 is 2.71 bits per heavy atom. The summed E-state index contributed by atoms with van der Waals surface area (Å²) in [6, 6.07) is 0.465. The predicted molar refractivity (Wildman–Crippen MR) is 69.3 cm³/mol. The van der Waals surface area contributed by atoms with E-state index >= 15 is 0 Å². The third-order valence-corrected chi connectivity index (χ3v) is 4.00. The van der Waals surface area contributed by atoms with Gasteiger partial charge in [0.25, 0.3) is 0 Å². The molecule has 1 aliphatic heterocycles. The first-order chi connectivity index (χ1) is 8.36. The molecule has 0 radical (unpaired) electrons. The average Bonchev–Trinajstić information content (AvgIpc) is 2.89. The van der Waals surface area contributed by atoms with Crippen LogP contribution in [0.1, 0.15) is 51.9 Å². The van der Waals surface area contributed by atoms with E-state index < -0.39 is 0 Å². The van der Waals surface area contributed by atoms with Gasteiger partial charge < -0.3 is 14.8 Å². The van der Waals surface area contributed by atoms with Crippen molar-refractivity contribution in [3.8, 4) is 0 Å². The van der Waals surface area contributed by atoms with Crippen LogP contribution in [-0.4, -0.2) is 38.0 Å². The van der Waals surface area contributed by atoms with Crippen molar-refractivity contribution >= 4 is 0 Å². The number of rotatable bonds is 6. The van der Waals surface area contributed by atoms with E-state index in [0.717, 1.165) is 19.8 Å². The van der Waals surface area contributed by atoms with Crippen molar-refractivity contribution in [2.75, 3.05) is 19.8 Å². The van der Waals surface area contributed by atoms with Gasteiger partial charge in [0, 0.05) is 19.2 Å². The van der Waals surface area contributed by atoms with Gasteiger partial charge in [-0.3, -0.25) is 0 Å². The van der Waals surface area contributed by atoms with E-state index in [9.17, 15) is 0 Å². The summed E-state index contributed by atoms with van der Waals surface area (Å²) in [5.74, 6) is 0. The molecule has 2 unspecified atom stereocenters. The number of nitrogens with one attached hydrogen (secondary N) is 1. The monoisotopic (exact) mass is 241 g/mol. The van der Waals surface area contributed by atoms with Crippen LogP contribution in [0.15, 0.2) is 0 Å². The molecule has 1 N–H and O–H groups in total. The molecule has 0 aromatic rings. The van der Waals surface area contributed by atoms with E-state index in [1.807, 2.05) is 0 Å². The fourth-order valence-electron chi connectivity index (χ4n) is 2.87. The molecule has 0 aromatic carbocycles. The van der Waals surface area contributed by atoms with E-state index in [0.29, 0.717) is 18.2 Å². The first-order valence-corrected chi connectivity index (χ1v) is 7.33. The number of ether oxygens (including phenoxy) is 2. The quantitative estimate of drug-likeness (QED) is 0.725. The molecule has 100 valence electrons. The molecule has 0 aromatic heterocycles. The summed E-state index contributed by atoms with van der Waals surface area (Å²) in [7, 11) is 0. The summed E-state index contributed by atoms with van der Waals surface area (Å²) in [5.41, 5.74) is 0. The zero-order valence-corrected chi connectivity index (χ0v) is 11.1. The number of hydrogen-bond donors (Lipinski definition) is 1. The first kappa shape index (κ1) is 13.3. The van der Waals surface area contributed by atoms with Crippen molar-refractivity contribution in [3.63, 3.8) is 0 Å². The highest BCUT2D eigenvalue weighted by molar-refractivity contribution is 4.76. The van der Waals surface area contributed by atoms with E-state index in [4.69, 9.17) is 9.47 Å². The summed E-state index contributed by atoms with van der Waals surface area (Å²) < 4.78 is 11.6. The zero-order chi connectivity index (χ0) is 11.9. The second kappa shape index (κ2) is 7.34. The molecule has 2 fully saturated rings. The minimum Gasteiger partial charge on any atom is -0.377 e. The van der Waals surface area contributed by atoms with Gasteiger partial charge in [0.05, 0.1) is 18.8 Å². The Bertz CT molecular complexity index is 198. The Balaban J connectivity index is 1.50. The summed E-state index contributed by atoms with van der Waals surface area (Å²) in [5, 5.41) is 3.51. The largest absolute Gasteiger partial charge is 0.377 e. The summed E-state index contributed by atoms with van der Waals surface area (Å²) in [4.78, 5) is 0. The topological polar surface area (TPSA) is 30.5 Å². The lowest BCUT2D eigenvalue weighted by Gasteiger charge is -2.23. The van der Waals surface area contributed by atoms with E-state index in [2.05, 4.69) is 12.2 Å². The number of hydrogen-bond acceptors (Lipinski definition) is 3. The highest BCUT2D eigenvalue weighted by atomic mass is 16.5. The van der Waals surface area contributed by atoms with Crippen LogP contribution in [0.3, 0.4) is 0 Å². The Morgan fingerprint density at radius 1 is 1.18 bits per heavy atom. The van der Waals surface area contributed by atoms with E-state index in [-0.39, 0.29) is 0 Å². The molecule has 2 aliphatic rings. The van der Waals surface area contributed by atoms with E-state index in [1.54, 1.807) is 0 Å². The van der Waals surface area contributed by atoms with Crippen LogP contribution in [0.4, 0.5) is 0 Å². The minimum atomic E-state index is 0.421. The normalized spacial score (nSPS) is 28.4. The van der Waals surface area contributed by atoms with Gasteiger partial charge in [0.1, 0.15) is 0 Å². The molecule has 0 amide bonds. The summed E-state index contributed by atoms with van der Waals surface area (Å²) in [6.07, 6.45) is 10.0. The van der Waals surface area contributed by atoms with Crippen LogP contribution in [0.2, 0.25) is 0 Å². The highest BCUT2D eigenvalue weighted by Gasteiger charge is 2.21.